The summed E-state index contributed by atoms with van der Waals surface area (Å²) in [5.74, 6) is 0.357. The average Bonchev–Trinajstić information content (AvgIpc) is 2.32. The monoisotopic (exact) mass is 208 g/mol. The first-order chi connectivity index (χ1) is 5.12. The molecule has 0 aromatic heterocycles. The van der Waals surface area contributed by atoms with Gasteiger partial charge in [0.2, 0.25) is 0 Å². The summed E-state index contributed by atoms with van der Waals surface area (Å²) in [5, 5.41) is 17.2. The third-order valence-electron chi connectivity index (χ3n) is 2.17. The summed E-state index contributed by atoms with van der Waals surface area (Å²) in [6.07, 6.45) is 3.77. The van der Waals surface area contributed by atoms with Gasteiger partial charge in [0.25, 0.3) is 0 Å². The van der Waals surface area contributed by atoms with Crippen LogP contribution in [-0.2, 0) is 0 Å². The minimum absolute atomic E-state index is 0. The molecule has 0 aromatic rings. The molecule has 0 bridgehead atoms. The van der Waals surface area contributed by atoms with Gasteiger partial charge in [-0.15, -0.1) is 24.0 Å². The van der Waals surface area contributed by atoms with Crippen LogP contribution in [0.1, 0.15) is 6.42 Å². The highest BCUT2D eigenvalue weighted by Crippen LogP contribution is 2.34. The van der Waals surface area contributed by atoms with Gasteiger partial charge in [0, 0.05) is 13.0 Å². The van der Waals surface area contributed by atoms with Gasteiger partial charge in [-0.05, 0) is 12.2 Å². The van der Waals surface area contributed by atoms with Gasteiger partial charge in [0.15, 0.2) is 5.72 Å². The van der Waals surface area contributed by atoms with Crippen molar-refractivity contribution in [2.75, 3.05) is 6.54 Å². The SMILES string of the molecule is Cl.N=C1C=C[C@]2(O)C[C@H](Cl)CN12. The van der Waals surface area contributed by atoms with Crippen molar-refractivity contribution < 1.29 is 5.11 Å². The van der Waals surface area contributed by atoms with Crippen LogP contribution in [0.4, 0.5) is 0 Å². The van der Waals surface area contributed by atoms with Crippen LogP contribution in [0.5, 0.6) is 0 Å². The predicted octanol–water partition coefficient (Wildman–Crippen LogP) is 0.957. The zero-order valence-corrected chi connectivity index (χ0v) is 7.90. The van der Waals surface area contributed by atoms with E-state index in [1.54, 1.807) is 17.1 Å². The molecule has 2 atom stereocenters. The Kier molecular flexibility index (Phi) is 2.38. The van der Waals surface area contributed by atoms with Crippen LogP contribution in [0.2, 0.25) is 0 Å². The Morgan fingerprint density at radius 1 is 1.75 bits per heavy atom. The number of nitrogens with one attached hydrogen (secondary N) is 1. The largest absolute Gasteiger partial charge is 0.367 e. The zero-order valence-electron chi connectivity index (χ0n) is 6.33. The summed E-state index contributed by atoms with van der Waals surface area (Å²) in [6, 6.07) is 0. The molecule has 0 unspecified atom stereocenters. The molecule has 2 rings (SSSR count). The highest BCUT2D eigenvalue weighted by atomic mass is 35.5. The van der Waals surface area contributed by atoms with Crippen molar-refractivity contribution >= 4 is 29.8 Å². The maximum absolute atomic E-state index is 9.79. The molecule has 0 aromatic carbocycles. The van der Waals surface area contributed by atoms with Crippen LogP contribution in [0, 0.1) is 5.41 Å². The molecular formula is C7H10Cl2N2O. The summed E-state index contributed by atoms with van der Waals surface area (Å²) in [5.41, 5.74) is -0.955. The molecular weight excluding hydrogens is 199 g/mol. The maximum atomic E-state index is 9.79. The highest BCUT2D eigenvalue weighted by Gasteiger charge is 2.45. The number of fused-ring (bicyclic) bond motifs is 1. The number of amidine groups is 1. The summed E-state index contributed by atoms with van der Waals surface area (Å²) < 4.78 is 0. The van der Waals surface area contributed by atoms with E-state index in [-0.39, 0.29) is 17.8 Å². The second-order valence-electron chi connectivity index (χ2n) is 3.01. The van der Waals surface area contributed by atoms with Crippen LogP contribution in [0.25, 0.3) is 0 Å². The molecule has 5 heteroatoms. The van der Waals surface area contributed by atoms with Crippen LogP contribution < -0.4 is 0 Å². The van der Waals surface area contributed by atoms with Crippen LogP contribution >= 0.6 is 24.0 Å². The maximum Gasteiger partial charge on any atom is 0.160 e. The zero-order chi connectivity index (χ0) is 8.06. The van der Waals surface area contributed by atoms with Crippen molar-refractivity contribution in [2.24, 2.45) is 0 Å². The van der Waals surface area contributed by atoms with Crippen molar-refractivity contribution in [3.8, 4) is 0 Å². The van der Waals surface area contributed by atoms with E-state index in [2.05, 4.69) is 0 Å². The molecule has 12 heavy (non-hydrogen) atoms. The number of alkyl halides is 1. The van der Waals surface area contributed by atoms with E-state index in [1.165, 1.54) is 0 Å². The van der Waals surface area contributed by atoms with E-state index in [0.717, 1.165) is 0 Å². The molecule has 1 fully saturated rings. The molecule has 0 amide bonds. The molecule has 1 saturated heterocycles. The third-order valence-corrected chi connectivity index (χ3v) is 2.46. The first kappa shape index (κ1) is 9.84. The molecule has 0 radical (unpaired) electrons. The Morgan fingerprint density at radius 2 is 2.42 bits per heavy atom. The number of rotatable bonds is 0. The third kappa shape index (κ3) is 1.22. The predicted molar refractivity (Wildman–Crippen MR) is 50.0 cm³/mol. The molecule has 0 aliphatic carbocycles. The fraction of sp³-hybridized carbons (Fsp3) is 0.571. The lowest BCUT2D eigenvalue weighted by molar-refractivity contribution is 0.0111. The number of hydrogen-bond acceptors (Lipinski definition) is 2. The highest BCUT2D eigenvalue weighted by molar-refractivity contribution is 6.21. The topological polar surface area (TPSA) is 47.3 Å². The van der Waals surface area contributed by atoms with Crippen LogP contribution in [0.3, 0.4) is 0 Å². The first-order valence-electron chi connectivity index (χ1n) is 3.54. The van der Waals surface area contributed by atoms with Crippen molar-refractivity contribution in [1.82, 2.24) is 4.90 Å². The van der Waals surface area contributed by atoms with Gasteiger partial charge < -0.3 is 10.0 Å². The lowest BCUT2D eigenvalue weighted by Gasteiger charge is -2.25. The Balaban J connectivity index is 0.000000720. The molecule has 2 heterocycles. The van der Waals surface area contributed by atoms with Gasteiger partial charge in [-0.1, -0.05) is 0 Å². The summed E-state index contributed by atoms with van der Waals surface area (Å²) in [6.45, 7) is 0.573. The normalized spacial score (nSPS) is 38.3. The van der Waals surface area contributed by atoms with Crippen molar-refractivity contribution in [3.05, 3.63) is 12.2 Å². The Hall–Kier alpha value is -0.250. The van der Waals surface area contributed by atoms with Gasteiger partial charge >= 0.3 is 0 Å². The van der Waals surface area contributed by atoms with Crippen LogP contribution in [-0.4, -0.2) is 33.5 Å². The van der Waals surface area contributed by atoms with E-state index >= 15 is 0 Å². The molecule has 3 nitrogen and oxygen atoms in total. The minimum Gasteiger partial charge on any atom is -0.367 e. The second-order valence-corrected chi connectivity index (χ2v) is 3.63. The van der Waals surface area contributed by atoms with Gasteiger partial charge in [0.1, 0.15) is 5.84 Å². The summed E-state index contributed by atoms with van der Waals surface area (Å²) in [4.78, 5) is 1.62. The number of nitrogens with zero attached hydrogens (tertiary/aromatic N) is 1. The Labute approximate surface area is 81.9 Å². The number of aliphatic hydroxyl groups is 1. The van der Waals surface area contributed by atoms with Gasteiger partial charge in [-0.2, -0.15) is 0 Å². The van der Waals surface area contributed by atoms with Crippen molar-refractivity contribution in [3.63, 3.8) is 0 Å². The number of halogens is 2. The molecule has 2 N–H and O–H groups in total. The minimum atomic E-state index is -0.955. The van der Waals surface area contributed by atoms with E-state index in [1.807, 2.05) is 0 Å². The van der Waals surface area contributed by atoms with Crippen LogP contribution in [0.15, 0.2) is 12.2 Å². The number of hydrogen-bond donors (Lipinski definition) is 2. The smallest absolute Gasteiger partial charge is 0.160 e. The standard InChI is InChI=1S/C7H9ClN2O.ClH/c8-5-3-7(11)2-1-6(9)10(7)4-5;/h1-2,5,9,11H,3-4H2;1H/t5-,7-;/m0./s1. The molecule has 2 aliphatic rings. The molecule has 2 aliphatic heterocycles. The molecule has 68 valence electrons. The van der Waals surface area contributed by atoms with Crippen molar-refractivity contribution in [1.29, 1.82) is 5.41 Å². The second kappa shape index (κ2) is 2.91. The Bertz CT molecular complexity index is 244. The lowest BCUT2D eigenvalue weighted by Crippen LogP contribution is -2.40. The quantitative estimate of drug-likeness (QED) is 0.583. The Morgan fingerprint density at radius 3 is 3.00 bits per heavy atom. The molecule has 0 spiro atoms. The summed E-state index contributed by atoms with van der Waals surface area (Å²) in [7, 11) is 0. The van der Waals surface area contributed by atoms with Crippen molar-refractivity contribution in [2.45, 2.75) is 17.5 Å². The fourth-order valence-electron chi connectivity index (χ4n) is 1.62. The van der Waals surface area contributed by atoms with E-state index in [9.17, 15) is 5.11 Å². The average molecular weight is 209 g/mol. The summed E-state index contributed by atoms with van der Waals surface area (Å²) >= 11 is 5.84. The van der Waals surface area contributed by atoms with Gasteiger partial charge in [-0.25, -0.2) is 0 Å². The first-order valence-corrected chi connectivity index (χ1v) is 3.97. The van der Waals surface area contributed by atoms with E-state index in [0.29, 0.717) is 18.8 Å². The lowest BCUT2D eigenvalue weighted by atomic mass is 10.2. The van der Waals surface area contributed by atoms with Gasteiger partial charge in [-0.3, -0.25) is 5.41 Å². The fourth-order valence-corrected chi connectivity index (χ4v) is 1.99. The van der Waals surface area contributed by atoms with E-state index in [4.69, 9.17) is 17.0 Å². The molecule has 0 saturated carbocycles. The van der Waals surface area contributed by atoms with E-state index < -0.39 is 5.72 Å². The van der Waals surface area contributed by atoms with Gasteiger partial charge in [0.05, 0.1) is 5.38 Å².